The summed E-state index contributed by atoms with van der Waals surface area (Å²) in [4.78, 5) is 30.0. The van der Waals surface area contributed by atoms with Crippen LogP contribution in [0.15, 0.2) is 18.3 Å². The van der Waals surface area contributed by atoms with Gasteiger partial charge in [-0.25, -0.2) is 4.98 Å². The summed E-state index contributed by atoms with van der Waals surface area (Å²) in [5, 5.41) is 12.5. The monoisotopic (exact) mass is 373 g/mol. The predicted octanol–water partition coefficient (Wildman–Crippen LogP) is 2.34. The third kappa shape index (κ3) is 3.52. The van der Waals surface area contributed by atoms with E-state index in [-0.39, 0.29) is 25.0 Å². The Labute approximate surface area is 154 Å². The molecule has 0 bridgehead atoms. The minimum absolute atomic E-state index is 0.101. The van der Waals surface area contributed by atoms with Crippen LogP contribution in [0.2, 0.25) is 0 Å². The molecule has 1 saturated carbocycles. The van der Waals surface area contributed by atoms with Gasteiger partial charge in [-0.1, -0.05) is 30.6 Å². The zero-order valence-corrected chi connectivity index (χ0v) is 15.0. The number of hydrogen-bond donors (Lipinski definition) is 1. The van der Waals surface area contributed by atoms with Gasteiger partial charge >= 0.3 is 0 Å². The van der Waals surface area contributed by atoms with E-state index in [1.165, 1.54) is 35.5 Å². The molecule has 136 valence electrons. The number of nitrogens with one attached hydrogen (secondary N) is 1. The predicted molar refractivity (Wildman–Crippen MR) is 96.4 cm³/mol. The lowest BCUT2D eigenvalue weighted by atomic mass is 9.90. The molecule has 2 amide bonds. The average molecular weight is 373 g/mol. The first kappa shape index (κ1) is 16.9. The maximum atomic E-state index is 12.4. The Kier molecular flexibility index (Phi) is 4.79. The number of carbonyl (C=O) groups excluding carboxylic acids is 2. The van der Waals surface area contributed by atoms with Crippen LogP contribution in [0.25, 0.3) is 0 Å². The fourth-order valence-electron chi connectivity index (χ4n) is 3.30. The summed E-state index contributed by atoms with van der Waals surface area (Å²) in [7, 11) is 0. The van der Waals surface area contributed by atoms with Crippen LogP contribution < -0.4 is 15.0 Å². The molecular weight excluding hydrogens is 354 g/mol. The molecule has 2 aliphatic rings. The number of nitrogens with zero attached hydrogens (tertiary/aromatic N) is 4. The molecule has 1 N–H and O–H groups in total. The summed E-state index contributed by atoms with van der Waals surface area (Å²) in [5.74, 6) is 0.674. The molecule has 0 saturated heterocycles. The lowest BCUT2D eigenvalue weighted by Crippen LogP contribution is -2.43. The number of anilines is 2. The molecule has 26 heavy (non-hydrogen) atoms. The standard InChI is InChI=1S/C17H19N5O3S/c23-13(9-22-14(24)10-25-12-7-4-8-18-15(12)22)19-17-21-20-16(26-17)11-5-2-1-3-6-11/h4,7-8,11H,1-3,5-6,9-10H2,(H,19,21,23). The zero-order valence-electron chi connectivity index (χ0n) is 14.2. The zero-order chi connectivity index (χ0) is 17.9. The summed E-state index contributed by atoms with van der Waals surface area (Å²) >= 11 is 1.42. The van der Waals surface area contributed by atoms with Gasteiger partial charge in [0.15, 0.2) is 18.2 Å². The van der Waals surface area contributed by atoms with Crippen molar-refractivity contribution in [3.63, 3.8) is 0 Å². The van der Waals surface area contributed by atoms with Crippen LogP contribution >= 0.6 is 11.3 Å². The van der Waals surface area contributed by atoms with E-state index in [9.17, 15) is 9.59 Å². The van der Waals surface area contributed by atoms with Crippen molar-refractivity contribution in [2.24, 2.45) is 0 Å². The molecule has 0 spiro atoms. The summed E-state index contributed by atoms with van der Waals surface area (Å²) in [6.45, 7) is -0.235. The second-order valence-corrected chi connectivity index (χ2v) is 7.43. The molecule has 0 aromatic carbocycles. The number of aromatic nitrogens is 3. The Morgan fingerprint density at radius 1 is 1.31 bits per heavy atom. The van der Waals surface area contributed by atoms with Crippen LogP contribution in [-0.4, -0.2) is 40.1 Å². The number of fused-ring (bicyclic) bond motifs is 1. The van der Waals surface area contributed by atoms with Gasteiger partial charge in [-0.2, -0.15) is 0 Å². The van der Waals surface area contributed by atoms with Crippen LogP contribution in [-0.2, 0) is 9.59 Å². The third-order valence-corrected chi connectivity index (χ3v) is 5.60. The molecule has 2 aromatic heterocycles. The van der Waals surface area contributed by atoms with Crippen LogP contribution in [0.5, 0.6) is 5.75 Å². The van der Waals surface area contributed by atoms with Gasteiger partial charge in [0, 0.05) is 12.1 Å². The number of pyridine rings is 1. The SMILES string of the molecule is O=C(CN1C(=O)COc2cccnc21)Nc1nnc(C2CCCCC2)s1. The summed E-state index contributed by atoms with van der Waals surface area (Å²) in [5.41, 5.74) is 0. The number of hydrogen-bond acceptors (Lipinski definition) is 7. The quantitative estimate of drug-likeness (QED) is 0.883. The minimum atomic E-state index is -0.330. The van der Waals surface area contributed by atoms with Crippen molar-refractivity contribution in [3.05, 3.63) is 23.3 Å². The molecule has 1 aliphatic carbocycles. The highest BCUT2D eigenvalue weighted by atomic mass is 32.1. The average Bonchev–Trinajstić information content (AvgIpc) is 3.13. The van der Waals surface area contributed by atoms with Crippen LogP contribution in [0, 0.1) is 0 Å². The molecule has 0 atom stereocenters. The first-order valence-electron chi connectivity index (χ1n) is 8.72. The normalized spacial score (nSPS) is 17.5. The molecule has 0 unspecified atom stereocenters. The van der Waals surface area contributed by atoms with Gasteiger partial charge in [-0.15, -0.1) is 10.2 Å². The molecule has 0 radical (unpaired) electrons. The Morgan fingerprint density at radius 3 is 3.00 bits per heavy atom. The van der Waals surface area contributed by atoms with Gasteiger partial charge < -0.3 is 4.74 Å². The molecular formula is C17H19N5O3S. The largest absolute Gasteiger partial charge is 0.480 e. The summed E-state index contributed by atoms with van der Waals surface area (Å²) in [6.07, 6.45) is 7.55. The van der Waals surface area contributed by atoms with Crippen molar-refractivity contribution in [2.45, 2.75) is 38.0 Å². The van der Waals surface area contributed by atoms with Crippen LogP contribution in [0.4, 0.5) is 10.9 Å². The van der Waals surface area contributed by atoms with Crippen molar-refractivity contribution in [1.82, 2.24) is 15.2 Å². The Morgan fingerprint density at radius 2 is 2.15 bits per heavy atom. The van der Waals surface area contributed by atoms with E-state index < -0.39 is 0 Å². The molecule has 3 heterocycles. The van der Waals surface area contributed by atoms with E-state index in [2.05, 4.69) is 20.5 Å². The van der Waals surface area contributed by atoms with E-state index in [4.69, 9.17) is 4.74 Å². The number of amides is 2. The third-order valence-electron chi connectivity index (χ3n) is 4.60. The fraction of sp³-hybridized carbons (Fsp3) is 0.471. The van der Waals surface area contributed by atoms with Crippen molar-refractivity contribution in [3.8, 4) is 5.75 Å². The molecule has 1 aliphatic heterocycles. The molecule has 9 heteroatoms. The summed E-state index contributed by atoms with van der Waals surface area (Å²) in [6, 6.07) is 3.45. The highest BCUT2D eigenvalue weighted by Crippen LogP contribution is 2.35. The van der Waals surface area contributed by atoms with E-state index in [1.807, 2.05) is 0 Å². The topological polar surface area (TPSA) is 97.3 Å². The van der Waals surface area contributed by atoms with Crippen LogP contribution in [0.3, 0.4) is 0 Å². The van der Waals surface area contributed by atoms with E-state index >= 15 is 0 Å². The highest BCUT2D eigenvalue weighted by Gasteiger charge is 2.29. The number of carbonyl (C=O) groups is 2. The van der Waals surface area contributed by atoms with Crippen molar-refractivity contribution in [1.29, 1.82) is 0 Å². The molecule has 8 nitrogen and oxygen atoms in total. The number of rotatable bonds is 4. The van der Waals surface area contributed by atoms with Crippen molar-refractivity contribution >= 4 is 34.1 Å². The highest BCUT2D eigenvalue weighted by molar-refractivity contribution is 7.15. The minimum Gasteiger partial charge on any atom is -0.480 e. The maximum absolute atomic E-state index is 12.4. The molecule has 1 fully saturated rings. The fourth-order valence-corrected chi connectivity index (χ4v) is 4.23. The molecule has 4 rings (SSSR count). The number of ether oxygens (including phenoxy) is 1. The van der Waals surface area contributed by atoms with E-state index in [1.54, 1.807) is 18.3 Å². The summed E-state index contributed by atoms with van der Waals surface area (Å²) < 4.78 is 5.33. The first-order chi connectivity index (χ1) is 12.7. The van der Waals surface area contributed by atoms with Crippen molar-refractivity contribution < 1.29 is 14.3 Å². The lowest BCUT2D eigenvalue weighted by Gasteiger charge is -2.27. The van der Waals surface area contributed by atoms with Gasteiger partial charge in [-0.3, -0.25) is 19.8 Å². The van der Waals surface area contributed by atoms with Gasteiger partial charge in [0.05, 0.1) is 0 Å². The van der Waals surface area contributed by atoms with E-state index in [0.29, 0.717) is 22.6 Å². The maximum Gasteiger partial charge on any atom is 0.266 e. The Bertz CT molecular complexity index is 818. The second-order valence-electron chi connectivity index (χ2n) is 6.42. The first-order valence-corrected chi connectivity index (χ1v) is 9.54. The Hall–Kier alpha value is -2.55. The van der Waals surface area contributed by atoms with Crippen molar-refractivity contribution in [2.75, 3.05) is 23.4 Å². The van der Waals surface area contributed by atoms with Gasteiger partial charge in [0.2, 0.25) is 11.0 Å². The lowest BCUT2D eigenvalue weighted by molar-refractivity contribution is -0.123. The smallest absolute Gasteiger partial charge is 0.266 e. The second kappa shape index (κ2) is 7.36. The molecule has 2 aromatic rings. The Balaban J connectivity index is 1.41. The van der Waals surface area contributed by atoms with Gasteiger partial charge in [0.25, 0.3) is 5.91 Å². The van der Waals surface area contributed by atoms with Gasteiger partial charge in [0.1, 0.15) is 11.6 Å². The van der Waals surface area contributed by atoms with Crippen LogP contribution in [0.1, 0.15) is 43.0 Å². The van der Waals surface area contributed by atoms with E-state index in [0.717, 1.165) is 17.8 Å². The van der Waals surface area contributed by atoms with Gasteiger partial charge in [-0.05, 0) is 25.0 Å².